The number of nitrogens with zero attached hydrogens (tertiary/aromatic N) is 2. The minimum absolute atomic E-state index is 0.772. The molecule has 0 saturated carbocycles. The lowest BCUT2D eigenvalue weighted by Crippen LogP contribution is -1.92. The number of hydrogen-bond donors (Lipinski definition) is 1. The minimum Gasteiger partial charge on any atom is -0.399 e. The maximum atomic E-state index is 5.71. The summed E-state index contributed by atoms with van der Waals surface area (Å²) in [5.41, 5.74) is 11.0. The molecule has 0 spiro atoms. The van der Waals surface area contributed by atoms with Crippen LogP contribution in [0.3, 0.4) is 0 Å². The van der Waals surface area contributed by atoms with Crippen molar-refractivity contribution in [2.24, 2.45) is 7.05 Å². The molecule has 0 aliphatic heterocycles. The molecule has 0 atom stereocenters. The zero-order valence-electron chi connectivity index (χ0n) is 10.5. The fourth-order valence-corrected chi connectivity index (χ4v) is 2.20. The van der Waals surface area contributed by atoms with Crippen molar-refractivity contribution in [1.82, 2.24) is 9.55 Å². The molecule has 0 radical (unpaired) electrons. The van der Waals surface area contributed by atoms with Gasteiger partial charge in [0, 0.05) is 18.3 Å². The van der Waals surface area contributed by atoms with E-state index < -0.39 is 0 Å². The molecule has 1 aromatic heterocycles. The zero-order chi connectivity index (χ0) is 12.7. The normalized spacial score (nSPS) is 11.0. The maximum absolute atomic E-state index is 5.71. The molecule has 3 aromatic rings. The van der Waals surface area contributed by atoms with Gasteiger partial charge < -0.3 is 10.3 Å². The van der Waals surface area contributed by atoms with Crippen LogP contribution in [0.1, 0.15) is 5.56 Å². The highest BCUT2D eigenvalue weighted by Crippen LogP contribution is 2.24. The van der Waals surface area contributed by atoms with Crippen LogP contribution in [0.2, 0.25) is 0 Å². The number of hydrogen-bond acceptors (Lipinski definition) is 2. The molecule has 1 heterocycles. The largest absolute Gasteiger partial charge is 0.399 e. The molecule has 0 unspecified atom stereocenters. The van der Waals surface area contributed by atoms with Crippen LogP contribution in [0.4, 0.5) is 5.69 Å². The van der Waals surface area contributed by atoms with E-state index in [9.17, 15) is 0 Å². The molecular weight excluding hydrogens is 222 g/mol. The summed E-state index contributed by atoms with van der Waals surface area (Å²) in [5.74, 6) is 0.968. The first-order valence-electron chi connectivity index (χ1n) is 5.94. The van der Waals surface area contributed by atoms with Crippen molar-refractivity contribution in [3.63, 3.8) is 0 Å². The molecule has 2 N–H and O–H groups in total. The number of nitrogens with two attached hydrogens (primary N) is 1. The van der Waals surface area contributed by atoms with Gasteiger partial charge in [-0.1, -0.05) is 6.07 Å². The lowest BCUT2D eigenvalue weighted by Gasteiger charge is -2.02. The second-order valence-corrected chi connectivity index (χ2v) is 4.61. The highest BCUT2D eigenvalue weighted by atomic mass is 15.1. The topological polar surface area (TPSA) is 43.8 Å². The second-order valence-electron chi connectivity index (χ2n) is 4.61. The molecule has 18 heavy (non-hydrogen) atoms. The molecule has 90 valence electrons. The zero-order valence-corrected chi connectivity index (χ0v) is 10.5. The fourth-order valence-electron chi connectivity index (χ4n) is 2.20. The van der Waals surface area contributed by atoms with Crippen LogP contribution in [-0.2, 0) is 7.05 Å². The first-order chi connectivity index (χ1) is 8.65. The Kier molecular flexibility index (Phi) is 2.33. The number of benzene rings is 2. The van der Waals surface area contributed by atoms with Crippen molar-refractivity contribution in [1.29, 1.82) is 0 Å². The van der Waals surface area contributed by atoms with Crippen molar-refractivity contribution in [3.05, 3.63) is 48.0 Å². The second kappa shape index (κ2) is 3.88. The van der Waals surface area contributed by atoms with Gasteiger partial charge in [0.15, 0.2) is 0 Å². The van der Waals surface area contributed by atoms with Gasteiger partial charge in [-0.15, -0.1) is 0 Å². The number of imidazole rings is 1. The molecule has 3 nitrogen and oxygen atoms in total. The Labute approximate surface area is 106 Å². The molecule has 2 aromatic carbocycles. The number of aromatic nitrogens is 2. The number of fused-ring (bicyclic) bond motifs is 1. The van der Waals surface area contributed by atoms with Crippen molar-refractivity contribution < 1.29 is 0 Å². The van der Waals surface area contributed by atoms with Gasteiger partial charge in [0.2, 0.25) is 0 Å². The van der Waals surface area contributed by atoms with Crippen LogP contribution < -0.4 is 5.73 Å². The van der Waals surface area contributed by atoms with E-state index in [4.69, 9.17) is 10.7 Å². The van der Waals surface area contributed by atoms with E-state index in [0.717, 1.165) is 28.1 Å². The third-order valence-corrected chi connectivity index (χ3v) is 3.21. The summed E-state index contributed by atoms with van der Waals surface area (Å²) in [5, 5.41) is 0. The monoisotopic (exact) mass is 237 g/mol. The molecule has 3 rings (SSSR count). The van der Waals surface area contributed by atoms with E-state index in [1.54, 1.807) is 0 Å². The van der Waals surface area contributed by atoms with Crippen LogP contribution in [0.15, 0.2) is 42.5 Å². The Morgan fingerprint density at radius 1 is 1.06 bits per heavy atom. The van der Waals surface area contributed by atoms with Gasteiger partial charge in [-0.25, -0.2) is 4.98 Å². The van der Waals surface area contributed by atoms with Gasteiger partial charge >= 0.3 is 0 Å². The Morgan fingerprint density at radius 2 is 1.78 bits per heavy atom. The van der Waals surface area contributed by atoms with Crippen molar-refractivity contribution in [2.75, 3.05) is 5.73 Å². The molecule has 0 aliphatic carbocycles. The van der Waals surface area contributed by atoms with Gasteiger partial charge in [0.1, 0.15) is 5.82 Å². The first kappa shape index (κ1) is 10.8. The van der Waals surface area contributed by atoms with E-state index >= 15 is 0 Å². The molecule has 3 heteroatoms. The lowest BCUT2D eigenvalue weighted by molar-refractivity contribution is 0.959. The van der Waals surface area contributed by atoms with Crippen molar-refractivity contribution in [3.8, 4) is 11.4 Å². The highest BCUT2D eigenvalue weighted by Gasteiger charge is 2.09. The summed E-state index contributed by atoms with van der Waals surface area (Å²) in [6.07, 6.45) is 0. The summed E-state index contributed by atoms with van der Waals surface area (Å²) < 4.78 is 2.11. The maximum Gasteiger partial charge on any atom is 0.140 e. The van der Waals surface area contributed by atoms with Crippen LogP contribution in [-0.4, -0.2) is 9.55 Å². The lowest BCUT2D eigenvalue weighted by atomic mass is 10.2. The standard InChI is InChI=1S/C15H15N3/c1-10-3-8-14-13(9-10)17-15(18(14)2)11-4-6-12(16)7-5-11/h3-9H,16H2,1-2H3. The third kappa shape index (κ3) is 1.64. The molecule has 0 fully saturated rings. The molecule has 0 aliphatic rings. The number of nitrogen functional groups attached to an aromatic ring is 1. The van der Waals surface area contributed by atoms with E-state index in [1.807, 2.05) is 31.3 Å². The first-order valence-corrected chi connectivity index (χ1v) is 5.94. The molecule has 0 bridgehead atoms. The van der Waals surface area contributed by atoms with Gasteiger partial charge in [-0.05, 0) is 48.9 Å². The predicted molar refractivity (Wildman–Crippen MR) is 75.3 cm³/mol. The quantitative estimate of drug-likeness (QED) is 0.661. The minimum atomic E-state index is 0.772. The van der Waals surface area contributed by atoms with Crippen molar-refractivity contribution >= 4 is 16.7 Å². The average molecular weight is 237 g/mol. The van der Waals surface area contributed by atoms with E-state index in [1.165, 1.54) is 5.56 Å². The number of rotatable bonds is 1. The number of anilines is 1. The van der Waals surface area contributed by atoms with E-state index in [-0.39, 0.29) is 0 Å². The van der Waals surface area contributed by atoms with E-state index in [0.29, 0.717) is 0 Å². The summed E-state index contributed by atoms with van der Waals surface area (Å²) in [6, 6.07) is 14.1. The summed E-state index contributed by atoms with van der Waals surface area (Å²) in [6.45, 7) is 2.08. The van der Waals surface area contributed by atoms with Gasteiger partial charge in [-0.2, -0.15) is 0 Å². The van der Waals surface area contributed by atoms with Crippen molar-refractivity contribution in [2.45, 2.75) is 6.92 Å². The average Bonchev–Trinajstić information content (AvgIpc) is 2.67. The Bertz CT molecular complexity index is 708. The fraction of sp³-hybridized carbons (Fsp3) is 0.133. The predicted octanol–water partition coefficient (Wildman–Crippen LogP) is 3.13. The van der Waals surface area contributed by atoms with Gasteiger partial charge in [0.05, 0.1) is 11.0 Å². The third-order valence-electron chi connectivity index (χ3n) is 3.21. The smallest absolute Gasteiger partial charge is 0.140 e. The Morgan fingerprint density at radius 3 is 2.50 bits per heavy atom. The molecule has 0 amide bonds. The Hall–Kier alpha value is -2.29. The SMILES string of the molecule is Cc1ccc2c(c1)nc(-c1ccc(N)cc1)n2C. The van der Waals surface area contributed by atoms with Gasteiger partial charge in [0.25, 0.3) is 0 Å². The van der Waals surface area contributed by atoms with Crippen LogP contribution >= 0.6 is 0 Å². The summed E-state index contributed by atoms with van der Waals surface area (Å²) in [4.78, 5) is 4.70. The van der Waals surface area contributed by atoms with Gasteiger partial charge in [-0.3, -0.25) is 0 Å². The molecule has 0 saturated heterocycles. The summed E-state index contributed by atoms with van der Waals surface area (Å²) in [7, 11) is 2.04. The van der Waals surface area contributed by atoms with Crippen LogP contribution in [0.5, 0.6) is 0 Å². The highest BCUT2D eigenvalue weighted by molar-refractivity contribution is 5.81. The van der Waals surface area contributed by atoms with E-state index in [2.05, 4.69) is 29.7 Å². The Balaban J connectivity index is 2.23. The number of aryl methyl sites for hydroxylation is 2. The molecular formula is C15H15N3. The summed E-state index contributed by atoms with van der Waals surface area (Å²) >= 11 is 0. The van der Waals surface area contributed by atoms with Crippen LogP contribution in [0.25, 0.3) is 22.4 Å². The van der Waals surface area contributed by atoms with Crippen LogP contribution in [0, 0.1) is 6.92 Å².